The number of benzene rings is 1. The third-order valence-electron chi connectivity index (χ3n) is 4.05. The molecule has 0 radical (unpaired) electrons. The van der Waals surface area contributed by atoms with Crippen molar-refractivity contribution in [2.75, 3.05) is 32.8 Å². The smallest absolute Gasteiger partial charge is 0.0717 e. The lowest BCUT2D eigenvalue weighted by Crippen LogP contribution is -2.32. The number of rotatable bonds is 9. The van der Waals surface area contributed by atoms with Gasteiger partial charge in [0.2, 0.25) is 0 Å². The lowest BCUT2D eigenvalue weighted by atomic mass is 10.1. The number of ether oxygens (including phenoxy) is 1. The van der Waals surface area contributed by atoms with Crippen LogP contribution in [0.25, 0.3) is 0 Å². The first-order valence-corrected chi connectivity index (χ1v) is 8.47. The minimum Gasteiger partial charge on any atom is -0.375 e. The van der Waals surface area contributed by atoms with Crippen molar-refractivity contribution in [1.82, 2.24) is 10.2 Å². The highest BCUT2D eigenvalue weighted by atomic mass is 16.5. The zero-order chi connectivity index (χ0) is 14.8. The molecule has 2 rings (SSSR count). The van der Waals surface area contributed by atoms with Gasteiger partial charge in [-0.2, -0.15) is 0 Å². The molecule has 1 N–H and O–H groups in total. The normalized spacial score (nSPS) is 16.2. The summed E-state index contributed by atoms with van der Waals surface area (Å²) in [4.78, 5) is 2.52. The molecule has 1 fully saturated rings. The van der Waals surface area contributed by atoms with E-state index in [0.29, 0.717) is 0 Å². The molecule has 1 aliphatic rings. The summed E-state index contributed by atoms with van der Waals surface area (Å²) in [7, 11) is 0. The van der Waals surface area contributed by atoms with E-state index in [1.807, 2.05) is 0 Å². The molecule has 0 bridgehead atoms. The summed E-state index contributed by atoms with van der Waals surface area (Å²) < 4.78 is 5.80. The molecule has 1 aromatic rings. The average Bonchev–Trinajstić information content (AvgIpc) is 2.54. The Kier molecular flexibility index (Phi) is 7.79. The van der Waals surface area contributed by atoms with E-state index in [0.717, 1.165) is 32.8 Å². The maximum atomic E-state index is 5.80. The van der Waals surface area contributed by atoms with Gasteiger partial charge in [0, 0.05) is 13.1 Å². The number of likely N-dealkylation sites (tertiary alicyclic amines) is 1. The van der Waals surface area contributed by atoms with Crippen LogP contribution in [0.15, 0.2) is 24.3 Å². The SMILES string of the molecule is CCCNCc1ccc(COCCN2CCCCC2)cc1. The van der Waals surface area contributed by atoms with Gasteiger partial charge in [0.25, 0.3) is 0 Å². The van der Waals surface area contributed by atoms with Crippen molar-refractivity contribution in [3.8, 4) is 0 Å². The quantitative estimate of drug-likeness (QED) is 0.707. The topological polar surface area (TPSA) is 24.5 Å². The third-order valence-corrected chi connectivity index (χ3v) is 4.05. The molecule has 1 aromatic carbocycles. The highest BCUT2D eigenvalue weighted by molar-refractivity contribution is 5.21. The number of hydrogen-bond donors (Lipinski definition) is 1. The van der Waals surface area contributed by atoms with Crippen LogP contribution in [0.4, 0.5) is 0 Å². The van der Waals surface area contributed by atoms with Crippen LogP contribution >= 0.6 is 0 Å². The van der Waals surface area contributed by atoms with Gasteiger partial charge in [-0.3, -0.25) is 0 Å². The fourth-order valence-corrected chi connectivity index (χ4v) is 2.73. The van der Waals surface area contributed by atoms with Crippen molar-refractivity contribution in [2.24, 2.45) is 0 Å². The summed E-state index contributed by atoms with van der Waals surface area (Å²) in [5.41, 5.74) is 2.62. The van der Waals surface area contributed by atoms with Crippen molar-refractivity contribution in [1.29, 1.82) is 0 Å². The van der Waals surface area contributed by atoms with Crippen molar-refractivity contribution in [3.05, 3.63) is 35.4 Å². The van der Waals surface area contributed by atoms with Gasteiger partial charge >= 0.3 is 0 Å². The first kappa shape index (κ1) is 16.5. The highest BCUT2D eigenvalue weighted by Crippen LogP contribution is 2.09. The Morgan fingerprint density at radius 1 is 1.05 bits per heavy atom. The van der Waals surface area contributed by atoms with Gasteiger partial charge in [-0.15, -0.1) is 0 Å². The first-order valence-electron chi connectivity index (χ1n) is 8.47. The van der Waals surface area contributed by atoms with Crippen LogP contribution in [0.5, 0.6) is 0 Å². The van der Waals surface area contributed by atoms with Crippen molar-refractivity contribution in [3.63, 3.8) is 0 Å². The molecule has 1 heterocycles. The number of nitrogens with one attached hydrogen (secondary N) is 1. The van der Waals surface area contributed by atoms with Gasteiger partial charge in [-0.25, -0.2) is 0 Å². The predicted octanol–water partition coefficient (Wildman–Crippen LogP) is 3.19. The van der Waals surface area contributed by atoms with Gasteiger partial charge in [0.05, 0.1) is 13.2 Å². The Hall–Kier alpha value is -0.900. The maximum Gasteiger partial charge on any atom is 0.0717 e. The lowest BCUT2D eigenvalue weighted by Gasteiger charge is -2.26. The van der Waals surface area contributed by atoms with E-state index >= 15 is 0 Å². The zero-order valence-corrected chi connectivity index (χ0v) is 13.4. The average molecular weight is 290 g/mol. The van der Waals surface area contributed by atoms with Crippen LogP contribution in [0.3, 0.4) is 0 Å². The van der Waals surface area contributed by atoms with Gasteiger partial charge in [0.15, 0.2) is 0 Å². The van der Waals surface area contributed by atoms with Gasteiger partial charge in [-0.05, 0) is 50.0 Å². The summed E-state index contributed by atoms with van der Waals surface area (Å²) in [6.45, 7) is 9.41. The van der Waals surface area contributed by atoms with E-state index < -0.39 is 0 Å². The second kappa shape index (κ2) is 9.93. The largest absolute Gasteiger partial charge is 0.375 e. The third kappa shape index (κ3) is 6.60. The number of hydrogen-bond acceptors (Lipinski definition) is 3. The van der Waals surface area contributed by atoms with E-state index in [4.69, 9.17) is 4.74 Å². The minimum absolute atomic E-state index is 0.733. The molecule has 1 aliphatic heterocycles. The van der Waals surface area contributed by atoms with Crippen LogP contribution in [0, 0.1) is 0 Å². The molecule has 0 amide bonds. The van der Waals surface area contributed by atoms with Crippen LogP contribution < -0.4 is 5.32 Å². The number of nitrogens with zero attached hydrogens (tertiary/aromatic N) is 1. The molecule has 21 heavy (non-hydrogen) atoms. The molecule has 118 valence electrons. The summed E-state index contributed by atoms with van der Waals surface area (Å²) in [5.74, 6) is 0. The Labute approximate surface area is 129 Å². The molecular weight excluding hydrogens is 260 g/mol. The van der Waals surface area contributed by atoms with Gasteiger partial charge in [-0.1, -0.05) is 37.6 Å². The second-order valence-electron chi connectivity index (χ2n) is 5.95. The molecule has 1 saturated heterocycles. The van der Waals surface area contributed by atoms with Gasteiger partial charge in [0.1, 0.15) is 0 Å². The molecule has 0 atom stereocenters. The molecule has 0 spiro atoms. The van der Waals surface area contributed by atoms with Crippen molar-refractivity contribution < 1.29 is 4.74 Å². The maximum absolute atomic E-state index is 5.80. The van der Waals surface area contributed by atoms with Crippen molar-refractivity contribution in [2.45, 2.75) is 45.8 Å². The second-order valence-corrected chi connectivity index (χ2v) is 5.95. The van der Waals surface area contributed by atoms with Gasteiger partial charge < -0.3 is 15.0 Å². The van der Waals surface area contributed by atoms with Crippen LogP contribution in [0.1, 0.15) is 43.7 Å². The van der Waals surface area contributed by atoms with E-state index in [1.165, 1.54) is 49.9 Å². The summed E-state index contributed by atoms with van der Waals surface area (Å²) in [5, 5.41) is 3.42. The molecule has 3 nitrogen and oxygen atoms in total. The minimum atomic E-state index is 0.733. The first-order chi connectivity index (χ1) is 10.4. The Morgan fingerprint density at radius 2 is 1.76 bits per heavy atom. The fourth-order valence-electron chi connectivity index (χ4n) is 2.73. The molecule has 0 saturated carbocycles. The Balaban J connectivity index is 1.59. The van der Waals surface area contributed by atoms with Crippen LogP contribution in [-0.4, -0.2) is 37.7 Å². The predicted molar refractivity (Wildman–Crippen MR) is 88.4 cm³/mol. The van der Waals surface area contributed by atoms with Crippen molar-refractivity contribution >= 4 is 0 Å². The molecule has 0 unspecified atom stereocenters. The van der Waals surface area contributed by atoms with Crippen LogP contribution in [-0.2, 0) is 17.9 Å². The molecule has 0 aliphatic carbocycles. The molecular formula is C18H30N2O. The van der Waals surface area contributed by atoms with E-state index in [-0.39, 0.29) is 0 Å². The highest BCUT2D eigenvalue weighted by Gasteiger charge is 2.08. The zero-order valence-electron chi connectivity index (χ0n) is 13.4. The summed E-state index contributed by atoms with van der Waals surface area (Å²) >= 11 is 0. The lowest BCUT2D eigenvalue weighted by molar-refractivity contribution is 0.0863. The standard InChI is InChI=1S/C18H30N2O/c1-2-10-19-15-17-6-8-18(9-7-17)16-21-14-13-20-11-4-3-5-12-20/h6-9,19H,2-5,10-16H2,1H3. The van der Waals surface area contributed by atoms with E-state index in [2.05, 4.69) is 41.4 Å². The molecule has 3 heteroatoms. The summed E-state index contributed by atoms with van der Waals surface area (Å²) in [6.07, 6.45) is 5.29. The fraction of sp³-hybridized carbons (Fsp3) is 0.667. The monoisotopic (exact) mass is 290 g/mol. The van der Waals surface area contributed by atoms with Crippen LogP contribution in [0.2, 0.25) is 0 Å². The van der Waals surface area contributed by atoms with E-state index in [1.54, 1.807) is 0 Å². The summed E-state index contributed by atoms with van der Waals surface area (Å²) in [6, 6.07) is 8.77. The Bertz CT molecular complexity index is 371. The number of piperidine rings is 1. The molecule has 0 aromatic heterocycles. The van der Waals surface area contributed by atoms with E-state index in [9.17, 15) is 0 Å². The Morgan fingerprint density at radius 3 is 2.48 bits per heavy atom.